The number of carbonyl (C=O) groups is 1. The van der Waals surface area contributed by atoms with Crippen LogP contribution in [0.5, 0.6) is 0 Å². The van der Waals surface area contributed by atoms with E-state index < -0.39 is 0 Å². The molecule has 4 heteroatoms. The van der Waals surface area contributed by atoms with Gasteiger partial charge in [-0.15, -0.1) is 0 Å². The Balaban J connectivity index is 1.71. The van der Waals surface area contributed by atoms with Crippen LogP contribution in [0.2, 0.25) is 0 Å². The van der Waals surface area contributed by atoms with Gasteiger partial charge < -0.3 is 15.8 Å². The molecule has 15 heavy (non-hydrogen) atoms. The lowest BCUT2D eigenvalue weighted by molar-refractivity contribution is -0.135. The summed E-state index contributed by atoms with van der Waals surface area (Å²) in [6.07, 6.45) is 6.31. The third kappa shape index (κ3) is 2.69. The molecule has 1 saturated heterocycles. The van der Waals surface area contributed by atoms with E-state index in [9.17, 15) is 4.79 Å². The number of ether oxygens (including phenoxy) is 1. The summed E-state index contributed by atoms with van der Waals surface area (Å²) in [5.74, 6) is -0.229. The van der Waals surface area contributed by atoms with Crippen LogP contribution in [0.4, 0.5) is 0 Å². The molecular weight excluding hydrogens is 192 g/mol. The van der Waals surface area contributed by atoms with Crippen LogP contribution >= 0.6 is 0 Å². The average Bonchev–Trinajstić information content (AvgIpc) is 2.15. The zero-order chi connectivity index (χ0) is 10.7. The second-order valence-corrected chi connectivity index (χ2v) is 4.75. The molecule has 3 N–H and O–H groups in total. The minimum atomic E-state index is -0.229. The molecule has 0 radical (unpaired) electrons. The second kappa shape index (κ2) is 4.49. The average molecular weight is 212 g/mol. The lowest BCUT2D eigenvalue weighted by atomic mass is 9.74. The van der Waals surface area contributed by atoms with E-state index in [0.717, 1.165) is 19.4 Å². The summed E-state index contributed by atoms with van der Waals surface area (Å²) in [6, 6.07) is 0.512. The molecule has 1 aliphatic heterocycles. The number of nitrogens with one attached hydrogen (secondary N) is 1. The smallest absolute Gasteiger partial charge is 0.218 e. The normalized spacial score (nSPS) is 28.7. The number of hydrogen-bond donors (Lipinski definition) is 2. The van der Waals surface area contributed by atoms with Gasteiger partial charge in [-0.3, -0.25) is 4.79 Å². The molecule has 0 aromatic rings. The molecule has 1 unspecified atom stereocenters. The first-order chi connectivity index (χ1) is 7.20. The summed E-state index contributed by atoms with van der Waals surface area (Å²) < 4.78 is 5.83. The van der Waals surface area contributed by atoms with Crippen LogP contribution in [0, 0.1) is 0 Å². The Hall–Kier alpha value is -0.610. The minimum absolute atomic E-state index is 0.183. The van der Waals surface area contributed by atoms with Crippen molar-refractivity contribution in [3.63, 3.8) is 0 Å². The van der Waals surface area contributed by atoms with Gasteiger partial charge in [-0.2, -0.15) is 0 Å². The molecule has 2 rings (SSSR count). The summed E-state index contributed by atoms with van der Waals surface area (Å²) in [4.78, 5) is 10.6. The highest BCUT2D eigenvalue weighted by Gasteiger charge is 2.42. The Bertz CT molecular complexity index is 239. The number of rotatable bonds is 4. The van der Waals surface area contributed by atoms with Crippen molar-refractivity contribution < 1.29 is 9.53 Å². The Morgan fingerprint density at radius 2 is 2.33 bits per heavy atom. The van der Waals surface area contributed by atoms with Crippen LogP contribution in [-0.2, 0) is 9.53 Å². The fraction of sp³-hybridized carbons (Fsp3) is 0.909. The van der Waals surface area contributed by atoms with E-state index in [-0.39, 0.29) is 11.5 Å². The number of hydrogen-bond acceptors (Lipinski definition) is 3. The molecule has 1 spiro atoms. The van der Waals surface area contributed by atoms with E-state index in [1.54, 1.807) is 0 Å². The third-order valence-electron chi connectivity index (χ3n) is 3.56. The largest absolute Gasteiger partial charge is 0.375 e. The van der Waals surface area contributed by atoms with Crippen molar-refractivity contribution in [2.45, 2.75) is 50.2 Å². The molecule has 86 valence electrons. The van der Waals surface area contributed by atoms with Gasteiger partial charge >= 0.3 is 0 Å². The Morgan fingerprint density at radius 3 is 2.93 bits per heavy atom. The maximum atomic E-state index is 10.6. The van der Waals surface area contributed by atoms with Crippen molar-refractivity contribution in [1.29, 1.82) is 0 Å². The second-order valence-electron chi connectivity index (χ2n) is 4.75. The summed E-state index contributed by atoms with van der Waals surface area (Å²) in [5.41, 5.74) is 5.28. The van der Waals surface area contributed by atoms with E-state index >= 15 is 0 Å². The highest BCUT2D eigenvalue weighted by atomic mass is 16.5. The Morgan fingerprint density at radius 1 is 1.53 bits per heavy atom. The maximum Gasteiger partial charge on any atom is 0.218 e. The standard InChI is InChI=1S/C11H20N2O2/c12-10(14)2-6-13-9-3-7-15-11(8-9)4-1-5-11/h9,13H,1-8H2,(H2,12,14). The van der Waals surface area contributed by atoms with Crippen molar-refractivity contribution in [1.82, 2.24) is 5.32 Å². The highest BCUT2D eigenvalue weighted by molar-refractivity contribution is 5.73. The van der Waals surface area contributed by atoms with Crippen LogP contribution < -0.4 is 11.1 Å². The molecule has 1 heterocycles. The zero-order valence-corrected chi connectivity index (χ0v) is 9.13. The van der Waals surface area contributed by atoms with Gasteiger partial charge in [0, 0.05) is 25.6 Å². The molecule has 0 bridgehead atoms. The van der Waals surface area contributed by atoms with Crippen molar-refractivity contribution in [3.05, 3.63) is 0 Å². The zero-order valence-electron chi connectivity index (χ0n) is 9.13. The molecule has 1 saturated carbocycles. The van der Waals surface area contributed by atoms with Crippen molar-refractivity contribution in [3.8, 4) is 0 Å². The first-order valence-electron chi connectivity index (χ1n) is 5.86. The van der Waals surface area contributed by atoms with E-state index in [2.05, 4.69) is 5.32 Å². The molecule has 0 aromatic heterocycles. The van der Waals surface area contributed by atoms with Gasteiger partial charge in [0.15, 0.2) is 0 Å². The molecule has 2 fully saturated rings. The first kappa shape index (κ1) is 10.9. The van der Waals surface area contributed by atoms with Gasteiger partial charge in [0.25, 0.3) is 0 Å². The molecule has 2 aliphatic rings. The molecule has 1 amide bonds. The maximum absolute atomic E-state index is 10.6. The molecule has 4 nitrogen and oxygen atoms in total. The predicted octanol–water partition coefficient (Wildman–Crippen LogP) is 0.553. The van der Waals surface area contributed by atoms with E-state index in [4.69, 9.17) is 10.5 Å². The van der Waals surface area contributed by atoms with Crippen LogP contribution in [0.25, 0.3) is 0 Å². The van der Waals surface area contributed by atoms with Crippen molar-refractivity contribution >= 4 is 5.91 Å². The topological polar surface area (TPSA) is 64.4 Å². The van der Waals surface area contributed by atoms with Gasteiger partial charge in [-0.25, -0.2) is 0 Å². The predicted molar refractivity (Wildman–Crippen MR) is 57.4 cm³/mol. The Kier molecular flexibility index (Phi) is 3.26. The van der Waals surface area contributed by atoms with Crippen LogP contribution in [0.15, 0.2) is 0 Å². The Labute approximate surface area is 90.5 Å². The van der Waals surface area contributed by atoms with Crippen LogP contribution in [0.1, 0.15) is 38.5 Å². The summed E-state index contributed by atoms with van der Waals surface area (Å²) in [6.45, 7) is 1.56. The van der Waals surface area contributed by atoms with Crippen molar-refractivity contribution in [2.75, 3.05) is 13.2 Å². The van der Waals surface area contributed by atoms with E-state index in [0.29, 0.717) is 19.0 Å². The number of amides is 1. The summed E-state index contributed by atoms with van der Waals surface area (Å²) in [5, 5.41) is 3.40. The lowest BCUT2D eigenvalue weighted by Crippen LogP contribution is -2.51. The fourth-order valence-electron chi connectivity index (χ4n) is 2.52. The molecule has 1 aliphatic carbocycles. The highest BCUT2D eigenvalue weighted by Crippen LogP contribution is 2.42. The van der Waals surface area contributed by atoms with Gasteiger partial charge in [0.1, 0.15) is 0 Å². The molecule has 1 atom stereocenters. The first-order valence-corrected chi connectivity index (χ1v) is 5.86. The van der Waals surface area contributed by atoms with Crippen LogP contribution in [-0.4, -0.2) is 30.7 Å². The monoisotopic (exact) mass is 212 g/mol. The van der Waals surface area contributed by atoms with Gasteiger partial charge in [-0.05, 0) is 32.1 Å². The quantitative estimate of drug-likeness (QED) is 0.715. The number of primary amides is 1. The summed E-state index contributed by atoms with van der Waals surface area (Å²) in [7, 11) is 0. The fourth-order valence-corrected chi connectivity index (χ4v) is 2.52. The molecular formula is C11H20N2O2. The third-order valence-corrected chi connectivity index (χ3v) is 3.56. The minimum Gasteiger partial charge on any atom is -0.375 e. The van der Waals surface area contributed by atoms with Crippen LogP contribution in [0.3, 0.4) is 0 Å². The van der Waals surface area contributed by atoms with Gasteiger partial charge in [0.05, 0.1) is 5.60 Å². The van der Waals surface area contributed by atoms with Gasteiger partial charge in [0.2, 0.25) is 5.91 Å². The lowest BCUT2D eigenvalue weighted by Gasteiger charge is -2.47. The van der Waals surface area contributed by atoms with Crippen molar-refractivity contribution in [2.24, 2.45) is 5.73 Å². The van der Waals surface area contributed by atoms with E-state index in [1.165, 1.54) is 19.3 Å². The number of nitrogens with two attached hydrogens (primary N) is 1. The van der Waals surface area contributed by atoms with E-state index in [1.807, 2.05) is 0 Å². The number of carbonyl (C=O) groups excluding carboxylic acids is 1. The molecule has 0 aromatic carbocycles. The SMILES string of the molecule is NC(=O)CCNC1CCOC2(CCC2)C1. The summed E-state index contributed by atoms with van der Waals surface area (Å²) >= 11 is 0. The van der Waals surface area contributed by atoms with Gasteiger partial charge in [-0.1, -0.05) is 0 Å².